The van der Waals surface area contributed by atoms with Gasteiger partial charge in [-0.25, -0.2) is 4.98 Å². The van der Waals surface area contributed by atoms with E-state index in [0.717, 1.165) is 0 Å². The Morgan fingerprint density at radius 2 is 2.22 bits per heavy atom. The molecular weight excluding hydrogens is 125 g/mol. The summed E-state index contributed by atoms with van der Waals surface area (Å²) in [4.78, 5) is 3.88. The molecule has 0 N–H and O–H groups in total. The number of nitrogens with zero attached hydrogens (tertiary/aromatic N) is 1. The van der Waals surface area contributed by atoms with Crippen molar-refractivity contribution >= 4 is 29.6 Å². The summed E-state index contributed by atoms with van der Waals surface area (Å²) < 4.78 is 4.80. The number of rotatable bonds is 1. The molecule has 0 aliphatic carbocycles. The van der Waals surface area contributed by atoms with Gasteiger partial charge in [0.2, 0.25) is 5.88 Å². The summed E-state index contributed by atoms with van der Waals surface area (Å²) in [6.45, 7) is 0. The summed E-state index contributed by atoms with van der Waals surface area (Å²) in [5, 5.41) is 0. The monoisotopic (exact) mass is 133 g/mol. The van der Waals surface area contributed by atoms with Gasteiger partial charge >= 0.3 is 29.6 Å². The maximum atomic E-state index is 4.80. The van der Waals surface area contributed by atoms with Gasteiger partial charge in [-0.3, -0.25) is 0 Å². The fourth-order valence-electron chi connectivity index (χ4n) is 0.468. The fourth-order valence-corrected chi connectivity index (χ4v) is 0.468. The van der Waals surface area contributed by atoms with Crippen molar-refractivity contribution in [2.45, 2.75) is 0 Å². The predicted molar refractivity (Wildman–Crippen MR) is 37.9 cm³/mol. The van der Waals surface area contributed by atoms with Gasteiger partial charge in [-0.2, -0.15) is 0 Å². The van der Waals surface area contributed by atoms with Crippen LogP contribution in [0.2, 0.25) is 0 Å². The van der Waals surface area contributed by atoms with Crippen LogP contribution in [0.5, 0.6) is 5.88 Å². The molecule has 0 saturated carbocycles. The number of pyridine rings is 1. The van der Waals surface area contributed by atoms with Crippen molar-refractivity contribution in [2.75, 3.05) is 7.11 Å². The Hall–Kier alpha value is -0.0500. The van der Waals surface area contributed by atoms with Gasteiger partial charge in [-0.05, 0) is 6.07 Å². The summed E-state index contributed by atoms with van der Waals surface area (Å²) in [5.74, 6) is 0.660. The van der Waals surface area contributed by atoms with E-state index in [1.807, 2.05) is 12.1 Å². The molecule has 1 aromatic rings. The first-order valence-corrected chi connectivity index (χ1v) is 2.38. The Labute approximate surface area is 76.5 Å². The summed E-state index contributed by atoms with van der Waals surface area (Å²) in [6.07, 6.45) is 1.69. The minimum atomic E-state index is 0. The third-order valence-electron chi connectivity index (χ3n) is 0.847. The zero-order valence-electron chi connectivity index (χ0n) is 4.66. The zero-order valence-corrected chi connectivity index (χ0v) is 4.66. The van der Waals surface area contributed by atoms with E-state index in [4.69, 9.17) is 4.74 Å². The molecule has 0 aliphatic rings. The second kappa shape index (κ2) is 4.79. The molecule has 0 radical (unpaired) electrons. The Balaban J connectivity index is 0.000000640. The Morgan fingerprint density at radius 1 is 1.44 bits per heavy atom. The molecule has 0 unspecified atom stereocenters. The summed E-state index contributed by atoms with van der Waals surface area (Å²) >= 11 is 0. The first kappa shape index (κ1) is 8.95. The number of ether oxygens (including phenoxy) is 1. The van der Waals surface area contributed by atoms with Gasteiger partial charge in [-0.1, -0.05) is 6.07 Å². The van der Waals surface area contributed by atoms with Crippen molar-refractivity contribution in [1.82, 2.24) is 4.98 Å². The number of hydrogen-bond acceptors (Lipinski definition) is 2. The third-order valence-corrected chi connectivity index (χ3v) is 0.847. The van der Waals surface area contributed by atoms with Crippen LogP contribution in [0.25, 0.3) is 0 Å². The molecule has 1 heterocycles. The summed E-state index contributed by atoms with van der Waals surface area (Å²) in [5.41, 5.74) is 0. The molecule has 0 saturated heterocycles. The van der Waals surface area contributed by atoms with Crippen molar-refractivity contribution in [2.24, 2.45) is 0 Å². The van der Waals surface area contributed by atoms with E-state index < -0.39 is 0 Å². The molecule has 3 heteroatoms. The normalized spacial score (nSPS) is 7.67. The van der Waals surface area contributed by atoms with E-state index >= 15 is 0 Å². The topological polar surface area (TPSA) is 22.1 Å². The quantitative estimate of drug-likeness (QED) is 0.518. The molecule has 0 spiro atoms. The van der Waals surface area contributed by atoms with Gasteiger partial charge in [0, 0.05) is 12.3 Å². The van der Waals surface area contributed by atoms with Crippen LogP contribution in [0.4, 0.5) is 0 Å². The average Bonchev–Trinajstić information content (AvgIpc) is 1.90. The molecule has 2 nitrogen and oxygen atoms in total. The molecule has 0 fully saturated rings. The predicted octanol–water partition coefficient (Wildman–Crippen LogP) is 0.442. The van der Waals surface area contributed by atoms with Crippen LogP contribution in [0.3, 0.4) is 0 Å². The molecular formula is C6H8NNaO. The van der Waals surface area contributed by atoms with Gasteiger partial charge in [0.1, 0.15) is 0 Å². The van der Waals surface area contributed by atoms with Crippen molar-refractivity contribution in [3.63, 3.8) is 0 Å². The zero-order chi connectivity index (χ0) is 5.82. The van der Waals surface area contributed by atoms with Crippen molar-refractivity contribution in [3.8, 4) is 5.88 Å². The molecule has 0 amide bonds. The average molecular weight is 133 g/mol. The fraction of sp³-hybridized carbons (Fsp3) is 0.167. The number of methoxy groups -OCH3 is 1. The van der Waals surface area contributed by atoms with Crippen LogP contribution in [0.15, 0.2) is 24.4 Å². The van der Waals surface area contributed by atoms with E-state index in [-0.39, 0.29) is 29.6 Å². The van der Waals surface area contributed by atoms with E-state index in [1.165, 1.54) is 0 Å². The molecule has 1 aromatic heterocycles. The van der Waals surface area contributed by atoms with Gasteiger partial charge in [-0.15, -0.1) is 0 Å². The van der Waals surface area contributed by atoms with Gasteiger partial charge < -0.3 is 4.74 Å². The second-order valence-electron chi connectivity index (χ2n) is 1.37. The molecule has 0 aromatic carbocycles. The van der Waals surface area contributed by atoms with E-state index in [9.17, 15) is 0 Å². The van der Waals surface area contributed by atoms with E-state index in [0.29, 0.717) is 5.88 Å². The second-order valence-corrected chi connectivity index (χ2v) is 1.37. The van der Waals surface area contributed by atoms with E-state index in [1.54, 1.807) is 19.4 Å². The van der Waals surface area contributed by atoms with Crippen molar-refractivity contribution in [1.29, 1.82) is 0 Å². The van der Waals surface area contributed by atoms with E-state index in [2.05, 4.69) is 4.98 Å². The van der Waals surface area contributed by atoms with Crippen LogP contribution < -0.4 is 4.74 Å². The van der Waals surface area contributed by atoms with Crippen molar-refractivity contribution in [3.05, 3.63) is 24.4 Å². The number of aromatic nitrogens is 1. The first-order valence-electron chi connectivity index (χ1n) is 2.38. The van der Waals surface area contributed by atoms with Gasteiger partial charge in [0.25, 0.3) is 0 Å². The van der Waals surface area contributed by atoms with Crippen LogP contribution >= 0.6 is 0 Å². The summed E-state index contributed by atoms with van der Waals surface area (Å²) in [7, 11) is 1.60. The summed E-state index contributed by atoms with van der Waals surface area (Å²) in [6, 6.07) is 5.54. The molecule has 9 heavy (non-hydrogen) atoms. The molecule has 0 bridgehead atoms. The van der Waals surface area contributed by atoms with Gasteiger partial charge in [0.15, 0.2) is 0 Å². The minimum absolute atomic E-state index is 0. The standard InChI is InChI=1S/C6H7NO.Na.H/c1-8-6-4-2-3-5-7-6;;/h2-5H,1H3;;. The van der Waals surface area contributed by atoms with Gasteiger partial charge in [0.05, 0.1) is 7.11 Å². The van der Waals surface area contributed by atoms with Crippen LogP contribution in [-0.4, -0.2) is 41.7 Å². The number of hydrogen-bond donors (Lipinski definition) is 0. The Kier molecular flexibility index (Phi) is 4.77. The Bertz CT molecular complexity index is 154. The molecule has 1 rings (SSSR count). The molecule has 44 valence electrons. The molecule has 0 aliphatic heterocycles. The first-order chi connectivity index (χ1) is 3.93. The third kappa shape index (κ3) is 2.84. The van der Waals surface area contributed by atoms with Crippen LogP contribution in [0, 0.1) is 0 Å². The van der Waals surface area contributed by atoms with Crippen LogP contribution in [0.1, 0.15) is 0 Å². The maximum absolute atomic E-state index is 4.80. The SMILES string of the molecule is COc1ccccn1.[NaH]. The van der Waals surface area contributed by atoms with Crippen molar-refractivity contribution < 1.29 is 4.74 Å². The Morgan fingerprint density at radius 3 is 2.56 bits per heavy atom. The van der Waals surface area contributed by atoms with Crippen LogP contribution in [-0.2, 0) is 0 Å². The molecule has 0 atom stereocenters.